The van der Waals surface area contributed by atoms with Crippen LogP contribution in [0.4, 0.5) is 0 Å². The second kappa shape index (κ2) is 3.59. The first-order chi connectivity index (χ1) is 7.75. The van der Waals surface area contributed by atoms with E-state index >= 15 is 0 Å². The van der Waals surface area contributed by atoms with Crippen LogP contribution in [0.5, 0.6) is 0 Å². The smallest absolute Gasteiger partial charge is 0.110 e. The monoisotopic (exact) mass is 215 g/mol. The van der Waals surface area contributed by atoms with Crippen molar-refractivity contribution in [2.45, 2.75) is 32.7 Å². The minimum absolute atomic E-state index is 0.450. The van der Waals surface area contributed by atoms with Crippen molar-refractivity contribution in [3.8, 4) is 0 Å². The quantitative estimate of drug-likeness (QED) is 0.791. The second-order valence-corrected chi connectivity index (χ2v) is 4.65. The van der Waals surface area contributed by atoms with Gasteiger partial charge in [0.25, 0.3) is 0 Å². The molecule has 1 N–H and O–H groups in total. The molecule has 3 rings (SSSR count). The van der Waals surface area contributed by atoms with Crippen LogP contribution in [-0.2, 0) is 0 Å². The fraction of sp³-hybridized carbons (Fsp3) is 0.462. The van der Waals surface area contributed by atoms with Crippen LogP contribution in [-0.4, -0.2) is 15.9 Å². The SMILES string of the molecule is Cc1ccn2c(C)nc(C3CCCN3)c2c1. The molecule has 0 aromatic carbocycles. The summed E-state index contributed by atoms with van der Waals surface area (Å²) in [4.78, 5) is 4.71. The van der Waals surface area contributed by atoms with Gasteiger partial charge in [0.05, 0.1) is 17.3 Å². The molecule has 1 unspecified atom stereocenters. The summed E-state index contributed by atoms with van der Waals surface area (Å²) in [6.07, 6.45) is 4.58. The summed E-state index contributed by atoms with van der Waals surface area (Å²) < 4.78 is 2.18. The van der Waals surface area contributed by atoms with Crippen molar-refractivity contribution in [3.63, 3.8) is 0 Å². The Morgan fingerprint density at radius 3 is 3.06 bits per heavy atom. The Bertz CT molecular complexity index is 521. The first kappa shape index (κ1) is 9.85. The molecule has 2 aromatic heterocycles. The third-order valence-corrected chi connectivity index (χ3v) is 3.39. The van der Waals surface area contributed by atoms with Gasteiger partial charge in [0.15, 0.2) is 0 Å². The summed E-state index contributed by atoms with van der Waals surface area (Å²) >= 11 is 0. The van der Waals surface area contributed by atoms with E-state index in [-0.39, 0.29) is 0 Å². The molecule has 1 saturated heterocycles. The second-order valence-electron chi connectivity index (χ2n) is 4.65. The van der Waals surface area contributed by atoms with Crippen LogP contribution in [0.15, 0.2) is 18.3 Å². The Morgan fingerprint density at radius 1 is 1.44 bits per heavy atom. The van der Waals surface area contributed by atoms with E-state index in [4.69, 9.17) is 4.98 Å². The molecule has 1 aliphatic rings. The molecule has 0 aliphatic carbocycles. The van der Waals surface area contributed by atoms with Crippen molar-refractivity contribution in [2.75, 3.05) is 6.54 Å². The number of aryl methyl sites for hydroxylation is 2. The van der Waals surface area contributed by atoms with Gasteiger partial charge < -0.3 is 9.72 Å². The first-order valence-corrected chi connectivity index (χ1v) is 5.94. The zero-order chi connectivity index (χ0) is 11.1. The summed E-state index contributed by atoms with van der Waals surface area (Å²) in [5.74, 6) is 1.08. The maximum absolute atomic E-state index is 4.71. The fourth-order valence-electron chi connectivity index (χ4n) is 2.55. The lowest BCUT2D eigenvalue weighted by molar-refractivity contribution is 0.635. The van der Waals surface area contributed by atoms with Gasteiger partial charge in [-0.1, -0.05) is 0 Å². The lowest BCUT2D eigenvalue weighted by Crippen LogP contribution is -2.13. The number of rotatable bonds is 1. The molecule has 0 saturated carbocycles. The minimum atomic E-state index is 0.450. The van der Waals surface area contributed by atoms with Gasteiger partial charge in [-0.15, -0.1) is 0 Å². The highest BCUT2D eigenvalue weighted by Gasteiger charge is 2.21. The predicted octanol–water partition coefficient (Wildman–Crippen LogP) is 2.38. The summed E-state index contributed by atoms with van der Waals surface area (Å²) in [5.41, 5.74) is 3.78. The van der Waals surface area contributed by atoms with E-state index in [1.54, 1.807) is 0 Å². The molecule has 0 spiro atoms. The Morgan fingerprint density at radius 2 is 2.31 bits per heavy atom. The number of nitrogens with zero attached hydrogens (tertiary/aromatic N) is 2. The lowest BCUT2D eigenvalue weighted by atomic mass is 10.1. The molecule has 3 heterocycles. The van der Waals surface area contributed by atoms with Gasteiger partial charge in [0, 0.05) is 6.20 Å². The molecule has 1 aliphatic heterocycles. The molecular formula is C13H17N3. The van der Waals surface area contributed by atoms with Crippen molar-refractivity contribution in [1.82, 2.24) is 14.7 Å². The van der Waals surface area contributed by atoms with E-state index < -0.39 is 0 Å². The van der Waals surface area contributed by atoms with Crippen molar-refractivity contribution in [2.24, 2.45) is 0 Å². The average Bonchev–Trinajstić information content (AvgIpc) is 2.86. The molecular weight excluding hydrogens is 198 g/mol. The molecule has 1 atom stereocenters. The molecule has 3 heteroatoms. The third-order valence-electron chi connectivity index (χ3n) is 3.39. The van der Waals surface area contributed by atoms with Crippen LogP contribution in [0.1, 0.15) is 36.0 Å². The first-order valence-electron chi connectivity index (χ1n) is 5.94. The molecule has 84 valence electrons. The van der Waals surface area contributed by atoms with Gasteiger partial charge in [0.1, 0.15) is 5.82 Å². The number of fused-ring (bicyclic) bond motifs is 1. The lowest BCUT2D eigenvalue weighted by Gasteiger charge is -2.07. The molecule has 2 aromatic rings. The fourth-order valence-corrected chi connectivity index (χ4v) is 2.55. The van der Waals surface area contributed by atoms with Crippen LogP contribution >= 0.6 is 0 Å². The minimum Gasteiger partial charge on any atom is -0.309 e. The summed E-state index contributed by atoms with van der Waals surface area (Å²) in [6, 6.07) is 4.81. The number of hydrogen-bond donors (Lipinski definition) is 1. The van der Waals surface area contributed by atoms with E-state index in [0.29, 0.717) is 6.04 Å². The Kier molecular flexibility index (Phi) is 2.21. The van der Waals surface area contributed by atoms with Crippen molar-refractivity contribution in [3.05, 3.63) is 35.4 Å². The summed E-state index contributed by atoms with van der Waals surface area (Å²) in [6.45, 7) is 5.32. The Hall–Kier alpha value is -1.35. The van der Waals surface area contributed by atoms with Gasteiger partial charge >= 0.3 is 0 Å². The van der Waals surface area contributed by atoms with E-state index in [0.717, 1.165) is 12.4 Å². The maximum Gasteiger partial charge on any atom is 0.110 e. The van der Waals surface area contributed by atoms with E-state index in [9.17, 15) is 0 Å². The van der Waals surface area contributed by atoms with Crippen LogP contribution < -0.4 is 5.32 Å². The number of hydrogen-bond acceptors (Lipinski definition) is 2. The van der Waals surface area contributed by atoms with Crippen molar-refractivity contribution < 1.29 is 0 Å². The van der Waals surface area contributed by atoms with Crippen LogP contribution in [0, 0.1) is 13.8 Å². The molecule has 0 radical (unpaired) electrons. The summed E-state index contributed by atoms with van der Waals surface area (Å²) in [5, 5.41) is 3.52. The third kappa shape index (κ3) is 1.43. The number of aromatic nitrogens is 2. The Labute approximate surface area is 95.5 Å². The molecule has 0 amide bonds. The van der Waals surface area contributed by atoms with Gasteiger partial charge in [-0.2, -0.15) is 0 Å². The molecule has 1 fully saturated rings. The zero-order valence-electron chi connectivity index (χ0n) is 9.83. The topological polar surface area (TPSA) is 29.3 Å². The van der Waals surface area contributed by atoms with E-state index in [1.807, 2.05) is 0 Å². The number of nitrogens with one attached hydrogen (secondary N) is 1. The molecule has 3 nitrogen and oxygen atoms in total. The van der Waals surface area contributed by atoms with Crippen LogP contribution in [0.3, 0.4) is 0 Å². The highest BCUT2D eigenvalue weighted by molar-refractivity contribution is 5.56. The van der Waals surface area contributed by atoms with Gasteiger partial charge in [-0.05, 0) is 50.9 Å². The van der Waals surface area contributed by atoms with E-state index in [1.165, 1.54) is 29.6 Å². The number of pyridine rings is 1. The molecule has 0 bridgehead atoms. The normalized spacial score (nSPS) is 20.8. The molecule has 16 heavy (non-hydrogen) atoms. The van der Waals surface area contributed by atoms with Crippen molar-refractivity contribution in [1.29, 1.82) is 0 Å². The summed E-state index contributed by atoms with van der Waals surface area (Å²) in [7, 11) is 0. The maximum atomic E-state index is 4.71. The Balaban J connectivity index is 2.19. The zero-order valence-corrected chi connectivity index (χ0v) is 9.83. The highest BCUT2D eigenvalue weighted by atomic mass is 15.1. The largest absolute Gasteiger partial charge is 0.309 e. The standard InChI is InChI=1S/C13H17N3/c1-9-5-7-16-10(2)15-13(12(16)8-9)11-4-3-6-14-11/h5,7-8,11,14H,3-4,6H2,1-2H3. The van der Waals surface area contributed by atoms with Gasteiger partial charge in [-0.3, -0.25) is 0 Å². The predicted molar refractivity (Wildman–Crippen MR) is 64.6 cm³/mol. The average molecular weight is 215 g/mol. The van der Waals surface area contributed by atoms with E-state index in [2.05, 4.69) is 41.9 Å². The van der Waals surface area contributed by atoms with Crippen LogP contribution in [0.2, 0.25) is 0 Å². The van der Waals surface area contributed by atoms with Crippen molar-refractivity contribution >= 4 is 5.52 Å². The van der Waals surface area contributed by atoms with Gasteiger partial charge in [0.2, 0.25) is 0 Å². The van der Waals surface area contributed by atoms with Crippen LogP contribution in [0.25, 0.3) is 5.52 Å². The number of imidazole rings is 1. The van der Waals surface area contributed by atoms with Gasteiger partial charge in [-0.25, -0.2) is 4.98 Å². The highest BCUT2D eigenvalue weighted by Crippen LogP contribution is 2.27.